The summed E-state index contributed by atoms with van der Waals surface area (Å²) in [5, 5.41) is 23.0. The first kappa shape index (κ1) is 27.7. The Morgan fingerprint density at radius 2 is 2.00 bits per heavy atom. The van der Waals surface area contributed by atoms with Crippen LogP contribution in [0.15, 0.2) is 59.5 Å². The molecule has 14 heteroatoms. The number of nitrogens with zero attached hydrogens (tertiary/aromatic N) is 3. The molecule has 5 rings (SSSR count). The summed E-state index contributed by atoms with van der Waals surface area (Å²) in [6, 6.07) is 13.5. The van der Waals surface area contributed by atoms with Gasteiger partial charge in [-0.15, -0.1) is 5.10 Å². The first-order chi connectivity index (χ1) is 19.2. The number of H-pyrrole nitrogens is 1. The molecule has 1 unspecified atom stereocenters. The Labute approximate surface area is 228 Å². The molecule has 2 aromatic heterocycles. The number of rotatable bonds is 7. The zero-order chi connectivity index (χ0) is 28.8. The first-order valence-corrected chi connectivity index (χ1v) is 11.9. The summed E-state index contributed by atoms with van der Waals surface area (Å²) in [5.74, 6) is 0.811. The van der Waals surface area contributed by atoms with Gasteiger partial charge in [-0.05, 0) is 54.1 Å². The molecule has 1 aliphatic rings. The number of amidine groups is 1. The lowest BCUT2D eigenvalue weighted by Crippen LogP contribution is -2.18. The fourth-order valence-electron chi connectivity index (χ4n) is 3.95. The predicted octanol–water partition coefficient (Wildman–Crippen LogP) is 1.99. The van der Waals surface area contributed by atoms with E-state index in [1.54, 1.807) is 43.5 Å². The van der Waals surface area contributed by atoms with Gasteiger partial charge in [0.2, 0.25) is 0 Å². The van der Waals surface area contributed by atoms with Crippen molar-refractivity contribution >= 4 is 23.2 Å². The van der Waals surface area contributed by atoms with Crippen molar-refractivity contribution in [2.45, 2.75) is 19.6 Å². The highest BCUT2D eigenvalue weighted by Gasteiger charge is 2.25. The number of carbonyl (C=O) groups is 1. The van der Waals surface area contributed by atoms with E-state index in [2.05, 4.69) is 20.4 Å². The van der Waals surface area contributed by atoms with E-state index in [1.165, 1.54) is 6.20 Å². The molecule has 0 amide bonds. The summed E-state index contributed by atoms with van der Waals surface area (Å²) in [6.07, 6.45) is 1.53. The van der Waals surface area contributed by atoms with Crippen LogP contribution in [0, 0.1) is 5.41 Å². The second kappa shape index (κ2) is 12.0. The number of aromatic amines is 1. The molecule has 3 heterocycles. The number of carboxylic acids is 1. The van der Waals surface area contributed by atoms with Crippen LogP contribution in [-0.4, -0.2) is 50.6 Å². The number of nitrogen functional groups attached to an aromatic ring is 2. The predicted molar refractivity (Wildman–Crippen MR) is 146 cm³/mol. The van der Waals surface area contributed by atoms with Crippen LogP contribution in [-0.2, 0) is 16.1 Å². The summed E-state index contributed by atoms with van der Waals surface area (Å²) >= 11 is 0. The highest BCUT2D eigenvalue weighted by Crippen LogP contribution is 2.38. The summed E-state index contributed by atoms with van der Waals surface area (Å²) in [6.45, 7) is 1.56. The standard InChI is InChI=1S/C24H24N8O4.C2H4O2/c1-34-18-10-14(9-15-11-35-12-36-20(15)18)19(29-16-6-4-13(5-7-16)21(26)27)22-30-24(33)32(31-22)23-17(25)3-2-8-28-23;1-2(3)4/h2-10,19,29H,11-12,25H2,1H3,(H3,26,27)(H,30,31,33);1H3,(H,3,4). The monoisotopic (exact) mass is 548 g/mol. The molecule has 0 radical (unpaired) electrons. The topological polar surface area (TPSA) is 216 Å². The molecule has 8 N–H and O–H groups in total. The Balaban J connectivity index is 0.000000867. The fraction of sp³-hybridized carbons (Fsp3) is 0.192. The number of hydrogen-bond acceptors (Lipinski definition) is 10. The van der Waals surface area contributed by atoms with Crippen LogP contribution in [0.1, 0.15) is 35.5 Å². The van der Waals surface area contributed by atoms with E-state index in [9.17, 15) is 4.79 Å². The molecule has 2 aromatic carbocycles. The average molecular weight is 549 g/mol. The lowest BCUT2D eigenvalue weighted by molar-refractivity contribution is -0.134. The van der Waals surface area contributed by atoms with Crippen molar-refractivity contribution in [1.82, 2.24) is 19.7 Å². The average Bonchev–Trinajstić information content (AvgIpc) is 3.32. The summed E-state index contributed by atoms with van der Waals surface area (Å²) in [4.78, 5) is 28.9. The number of ether oxygens (including phenoxy) is 3. The minimum Gasteiger partial charge on any atom is -0.493 e. The SMILES string of the molecule is CC(=O)O.COc1cc(C(Nc2ccc(C(=N)N)cc2)c2nn(-c3ncccc3N)c(=O)[nH]2)cc2c1OCOC2. The van der Waals surface area contributed by atoms with Gasteiger partial charge < -0.3 is 36.1 Å². The highest BCUT2D eigenvalue weighted by molar-refractivity contribution is 5.95. The summed E-state index contributed by atoms with van der Waals surface area (Å²) in [5.41, 5.74) is 14.3. The second-order valence-electron chi connectivity index (χ2n) is 8.55. The third-order valence-corrected chi connectivity index (χ3v) is 5.68. The minimum atomic E-state index is -0.833. The Morgan fingerprint density at radius 1 is 1.27 bits per heavy atom. The van der Waals surface area contributed by atoms with E-state index in [4.69, 9.17) is 41.0 Å². The molecule has 0 aliphatic carbocycles. The number of pyridine rings is 1. The van der Waals surface area contributed by atoms with Gasteiger partial charge in [0.15, 0.2) is 29.9 Å². The lowest BCUT2D eigenvalue weighted by atomic mass is 10.0. The van der Waals surface area contributed by atoms with Crippen molar-refractivity contribution in [3.8, 4) is 17.3 Å². The van der Waals surface area contributed by atoms with Crippen molar-refractivity contribution in [3.05, 3.63) is 87.7 Å². The summed E-state index contributed by atoms with van der Waals surface area (Å²) < 4.78 is 17.8. The van der Waals surface area contributed by atoms with Crippen molar-refractivity contribution in [2.24, 2.45) is 5.73 Å². The summed E-state index contributed by atoms with van der Waals surface area (Å²) in [7, 11) is 1.56. The number of fused-ring (bicyclic) bond motifs is 1. The number of nitrogens with two attached hydrogens (primary N) is 2. The molecule has 0 spiro atoms. The molecule has 0 saturated carbocycles. The Bertz CT molecular complexity index is 1560. The van der Waals surface area contributed by atoms with Crippen LogP contribution in [0.4, 0.5) is 11.4 Å². The van der Waals surface area contributed by atoms with Gasteiger partial charge in [0.25, 0.3) is 5.97 Å². The number of anilines is 2. The number of aliphatic carboxylic acids is 1. The largest absolute Gasteiger partial charge is 0.493 e. The number of aromatic nitrogens is 4. The quantitative estimate of drug-likeness (QED) is 0.145. The van der Waals surface area contributed by atoms with Crippen LogP contribution in [0.25, 0.3) is 5.82 Å². The Morgan fingerprint density at radius 3 is 2.65 bits per heavy atom. The Hall–Kier alpha value is -5.37. The highest BCUT2D eigenvalue weighted by atomic mass is 16.7. The molecule has 208 valence electrons. The van der Waals surface area contributed by atoms with Gasteiger partial charge in [-0.1, -0.05) is 0 Å². The molecule has 14 nitrogen and oxygen atoms in total. The van der Waals surface area contributed by atoms with E-state index in [-0.39, 0.29) is 18.4 Å². The number of nitrogens with one attached hydrogen (secondary N) is 3. The van der Waals surface area contributed by atoms with E-state index >= 15 is 0 Å². The molecule has 40 heavy (non-hydrogen) atoms. The number of carboxylic acid groups (broad SMARTS) is 1. The maximum absolute atomic E-state index is 12.9. The van der Waals surface area contributed by atoms with Gasteiger partial charge in [0.05, 0.1) is 19.4 Å². The molecule has 1 aliphatic heterocycles. The van der Waals surface area contributed by atoms with Crippen LogP contribution in [0.5, 0.6) is 11.5 Å². The molecular weight excluding hydrogens is 520 g/mol. The van der Waals surface area contributed by atoms with Gasteiger partial charge in [-0.3, -0.25) is 15.2 Å². The van der Waals surface area contributed by atoms with E-state index in [1.807, 2.05) is 12.1 Å². The minimum absolute atomic E-state index is 0.0338. The van der Waals surface area contributed by atoms with Crippen LogP contribution >= 0.6 is 0 Å². The zero-order valence-electron chi connectivity index (χ0n) is 21.7. The molecular formula is C26H28N8O6. The number of benzene rings is 2. The molecule has 1 atom stereocenters. The van der Waals surface area contributed by atoms with Gasteiger partial charge >= 0.3 is 5.69 Å². The van der Waals surface area contributed by atoms with Crippen molar-refractivity contribution < 1.29 is 24.1 Å². The smallest absolute Gasteiger partial charge is 0.349 e. The number of methoxy groups -OCH3 is 1. The maximum atomic E-state index is 12.9. The third kappa shape index (κ3) is 6.19. The van der Waals surface area contributed by atoms with Crippen molar-refractivity contribution in [3.63, 3.8) is 0 Å². The molecule has 4 aromatic rings. The molecule has 0 fully saturated rings. The molecule has 0 saturated heterocycles. The molecule has 0 bridgehead atoms. The van der Waals surface area contributed by atoms with Gasteiger partial charge in [-0.25, -0.2) is 9.78 Å². The lowest BCUT2D eigenvalue weighted by Gasteiger charge is -2.24. The maximum Gasteiger partial charge on any atom is 0.349 e. The van der Waals surface area contributed by atoms with Gasteiger partial charge in [0.1, 0.15) is 11.9 Å². The van der Waals surface area contributed by atoms with Gasteiger partial charge in [0, 0.05) is 29.9 Å². The van der Waals surface area contributed by atoms with E-state index < -0.39 is 17.7 Å². The van der Waals surface area contributed by atoms with Crippen molar-refractivity contribution in [2.75, 3.05) is 25.0 Å². The Kier molecular flexibility index (Phi) is 8.30. The third-order valence-electron chi connectivity index (χ3n) is 5.68. The van der Waals surface area contributed by atoms with Crippen LogP contribution < -0.4 is 31.9 Å². The first-order valence-electron chi connectivity index (χ1n) is 11.9. The van der Waals surface area contributed by atoms with Crippen molar-refractivity contribution in [1.29, 1.82) is 5.41 Å². The van der Waals surface area contributed by atoms with E-state index in [0.29, 0.717) is 40.9 Å². The zero-order valence-corrected chi connectivity index (χ0v) is 21.7. The fourth-order valence-corrected chi connectivity index (χ4v) is 3.95. The normalized spacial score (nSPS) is 12.7. The van der Waals surface area contributed by atoms with Gasteiger partial charge in [-0.2, -0.15) is 4.68 Å². The van der Waals surface area contributed by atoms with Crippen LogP contribution in [0.3, 0.4) is 0 Å². The second-order valence-corrected chi connectivity index (χ2v) is 8.55. The van der Waals surface area contributed by atoms with Crippen LogP contribution in [0.2, 0.25) is 0 Å². The number of hydrogen-bond donors (Lipinski definition) is 6. The van der Waals surface area contributed by atoms with E-state index in [0.717, 1.165) is 22.7 Å².